The van der Waals surface area contributed by atoms with E-state index < -0.39 is 0 Å². The molecule has 0 radical (unpaired) electrons. The summed E-state index contributed by atoms with van der Waals surface area (Å²) in [5.41, 5.74) is 11.2. The van der Waals surface area contributed by atoms with Crippen molar-refractivity contribution in [2.75, 3.05) is 0 Å². The molecule has 2 aliphatic rings. The summed E-state index contributed by atoms with van der Waals surface area (Å²) >= 11 is 0. The third kappa shape index (κ3) is 2.54. The summed E-state index contributed by atoms with van der Waals surface area (Å²) in [6.45, 7) is 2.17. The summed E-state index contributed by atoms with van der Waals surface area (Å²) in [6, 6.07) is 24.7. The zero-order valence-corrected chi connectivity index (χ0v) is 15.1. The van der Waals surface area contributed by atoms with Crippen molar-refractivity contribution in [3.05, 3.63) is 107 Å². The molecule has 0 heteroatoms. The van der Waals surface area contributed by atoms with Crippen LogP contribution in [0.2, 0.25) is 0 Å². The first-order chi connectivity index (χ1) is 12.8. The third-order valence-electron chi connectivity index (χ3n) is 5.76. The van der Waals surface area contributed by atoms with Crippen LogP contribution < -0.4 is 0 Å². The second-order valence-electron chi connectivity index (χ2n) is 7.44. The van der Waals surface area contributed by atoms with Crippen LogP contribution in [0.4, 0.5) is 0 Å². The summed E-state index contributed by atoms with van der Waals surface area (Å²) in [4.78, 5) is 0. The lowest BCUT2D eigenvalue weighted by atomic mass is 9.88. The van der Waals surface area contributed by atoms with Crippen LogP contribution >= 0.6 is 0 Å². The van der Waals surface area contributed by atoms with E-state index in [0.717, 1.165) is 12.8 Å². The highest BCUT2D eigenvalue weighted by Crippen LogP contribution is 2.42. The van der Waals surface area contributed by atoms with Crippen molar-refractivity contribution in [1.29, 1.82) is 0 Å². The number of hydrogen-bond donors (Lipinski definition) is 0. The van der Waals surface area contributed by atoms with Crippen LogP contribution in [0, 0.1) is 0 Å². The van der Waals surface area contributed by atoms with Crippen molar-refractivity contribution in [2.24, 2.45) is 0 Å². The van der Waals surface area contributed by atoms with Gasteiger partial charge >= 0.3 is 0 Å². The zero-order valence-electron chi connectivity index (χ0n) is 15.1. The molecule has 126 valence electrons. The molecular weight excluding hydrogens is 312 g/mol. The molecule has 3 aromatic carbocycles. The molecule has 0 aromatic heterocycles. The minimum Gasteiger partial charge on any atom is -0.0807 e. The fourth-order valence-electron chi connectivity index (χ4n) is 4.34. The first-order valence-electron chi connectivity index (χ1n) is 9.45. The molecule has 0 fully saturated rings. The Morgan fingerprint density at radius 1 is 0.808 bits per heavy atom. The molecule has 5 rings (SSSR count). The van der Waals surface area contributed by atoms with Gasteiger partial charge in [0.05, 0.1) is 0 Å². The van der Waals surface area contributed by atoms with Gasteiger partial charge in [-0.3, -0.25) is 0 Å². The Bertz CT molecular complexity index is 1050. The van der Waals surface area contributed by atoms with Gasteiger partial charge in [0.25, 0.3) is 0 Å². The maximum absolute atomic E-state index is 2.39. The zero-order chi connectivity index (χ0) is 17.5. The Morgan fingerprint density at radius 3 is 2.50 bits per heavy atom. The monoisotopic (exact) mass is 334 g/mol. The SMILES string of the molecule is CC1=CCC(c2cccc(-c3cccc4c3Cc3ccccc3-4)c2)C=C1. The van der Waals surface area contributed by atoms with Gasteiger partial charge in [-0.05, 0) is 58.7 Å². The highest BCUT2D eigenvalue weighted by Gasteiger charge is 2.21. The van der Waals surface area contributed by atoms with E-state index in [1.165, 1.54) is 44.5 Å². The number of rotatable bonds is 2. The van der Waals surface area contributed by atoms with Crippen molar-refractivity contribution < 1.29 is 0 Å². The van der Waals surface area contributed by atoms with Gasteiger partial charge in [-0.1, -0.05) is 90.5 Å². The van der Waals surface area contributed by atoms with Crippen LogP contribution in [0.15, 0.2) is 90.5 Å². The molecule has 0 amide bonds. The summed E-state index contributed by atoms with van der Waals surface area (Å²) in [5.74, 6) is 0.493. The molecule has 2 aliphatic carbocycles. The highest BCUT2D eigenvalue weighted by atomic mass is 14.2. The lowest BCUT2D eigenvalue weighted by Gasteiger charge is -2.17. The van der Waals surface area contributed by atoms with Crippen molar-refractivity contribution in [1.82, 2.24) is 0 Å². The van der Waals surface area contributed by atoms with E-state index in [4.69, 9.17) is 0 Å². The predicted octanol–water partition coefficient (Wildman–Crippen LogP) is 6.91. The van der Waals surface area contributed by atoms with E-state index in [-0.39, 0.29) is 0 Å². The Balaban J connectivity index is 1.56. The van der Waals surface area contributed by atoms with Gasteiger partial charge in [-0.15, -0.1) is 0 Å². The Kier molecular flexibility index (Phi) is 3.64. The fraction of sp³-hybridized carbons (Fsp3) is 0.154. The average Bonchev–Trinajstić information content (AvgIpc) is 3.07. The van der Waals surface area contributed by atoms with Crippen molar-refractivity contribution in [2.45, 2.75) is 25.7 Å². The van der Waals surface area contributed by atoms with Crippen LogP contribution in [0.3, 0.4) is 0 Å². The normalized spacial score (nSPS) is 17.6. The van der Waals surface area contributed by atoms with E-state index in [2.05, 4.69) is 91.9 Å². The average molecular weight is 334 g/mol. The highest BCUT2D eigenvalue weighted by molar-refractivity contribution is 5.84. The Labute approximate surface area is 155 Å². The van der Waals surface area contributed by atoms with Crippen LogP contribution in [0.25, 0.3) is 22.3 Å². The maximum atomic E-state index is 2.39. The molecule has 0 saturated heterocycles. The molecule has 0 aliphatic heterocycles. The van der Waals surface area contributed by atoms with E-state index >= 15 is 0 Å². The van der Waals surface area contributed by atoms with Crippen LogP contribution in [0.1, 0.15) is 36.0 Å². The minimum absolute atomic E-state index is 0.493. The summed E-state index contributed by atoms with van der Waals surface area (Å²) < 4.78 is 0. The first-order valence-corrected chi connectivity index (χ1v) is 9.45. The number of allylic oxidation sites excluding steroid dienone is 4. The number of benzene rings is 3. The fourth-order valence-corrected chi connectivity index (χ4v) is 4.34. The molecule has 0 spiro atoms. The maximum Gasteiger partial charge on any atom is 0.00561 e. The molecule has 0 bridgehead atoms. The van der Waals surface area contributed by atoms with E-state index in [1.54, 1.807) is 0 Å². The topological polar surface area (TPSA) is 0 Å². The quantitative estimate of drug-likeness (QED) is 0.373. The lowest BCUT2D eigenvalue weighted by molar-refractivity contribution is 0.845. The molecule has 26 heavy (non-hydrogen) atoms. The number of fused-ring (bicyclic) bond motifs is 3. The molecule has 0 heterocycles. The van der Waals surface area contributed by atoms with E-state index in [0.29, 0.717) is 5.92 Å². The molecule has 3 aromatic rings. The van der Waals surface area contributed by atoms with Gasteiger partial charge in [0.15, 0.2) is 0 Å². The van der Waals surface area contributed by atoms with Gasteiger partial charge in [0, 0.05) is 5.92 Å². The predicted molar refractivity (Wildman–Crippen MR) is 110 cm³/mol. The van der Waals surface area contributed by atoms with Gasteiger partial charge in [-0.2, -0.15) is 0 Å². The Morgan fingerprint density at radius 2 is 1.62 bits per heavy atom. The first kappa shape index (κ1) is 15.4. The molecule has 0 saturated carbocycles. The lowest BCUT2D eigenvalue weighted by Crippen LogP contribution is -1.98. The third-order valence-corrected chi connectivity index (χ3v) is 5.76. The number of hydrogen-bond acceptors (Lipinski definition) is 0. The molecule has 0 N–H and O–H groups in total. The van der Waals surface area contributed by atoms with Crippen LogP contribution in [-0.4, -0.2) is 0 Å². The van der Waals surface area contributed by atoms with E-state index in [9.17, 15) is 0 Å². The second kappa shape index (κ2) is 6.14. The molecular formula is C26H22. The van der Waals surface area contributed by atoms with Crippen molar-refractivity contribution in [3.8, 4) is 22.3 Å². The van der Waals surface area contributed by atoms with Crippen molar-refractivity contribution >= 4 is 0 Å². The Hall–Kier alpha value is -2.86. The standard InChI is InChI=1S/C26H22/c1-18-12-14-19(15-13-18)20-7-4-8-21(16-20)24-10-5-11-25-23-9-3-2-6-22(23)17-26(24)25/h2-14,16,19H,15,17H2,1H3. The van der Waals surface area contributed by atoms with Crippen LogP contribution in [0.5, 0.6) is 0 Å². The van der Waals surface area contributed by atoms with Gasteiger partial charge in [-0.25, -0.2) is 0 Å². The molecule has 1 atom stereocenters. The molecule has 0 nitrogen and oxygen atoms in total. The summed E-state index contributed by atoms with van der Waals surface area (Å²) in [6.07, 6.45) is 9.08. The van der Waals surface area contributed by atoms with Crippen LogP contribution in [-0.2, 0) is 6.42 Å². The van der Waals surface area contributed by atoms with Gasteiger partial charge in [0.1, 0.15) is 0 Å². The second-order valence-corrected chi connectivity index (χ2v) is 7.44. The van der Waals surface area contributed by atoms with E-state index in [1.807, 2.05) is 0 Å². The molecule has 1 unspecified atom stereocenters. The smallest absolute Gasteiger partial charge is 0.00561 e. The minimum atomic E-state index is 0.493. The van der Waals surface area contributed by atoms with Crippen molar-refractivity contribution in [3.63, 3.8) is 0 Å². The summed E-state index contributed by atoms with van der Waals surface area (Å²) in [5, 5.41) is 0. The van der Waals surface area contributed by atoms with Gasteiger partial charge in [0.2, 0.25) is 0 Å². The van der Waals surface area contributed by atoms with Gasteiger partial charge < -0.3 is 0 Å². The largest absolute Gasteiger partial charge is 0.0807 e. The summed E-state index contributed by atoms with van der Waals surface area (Å²) in [7, 11) is 0.